The zero-order valence-corrected chi connectivity index (χ0v) is 12.2. The van der Waals surface area contributed by atoms with Crippen LogP contribution in [-0.4, -0.2) is 38.4 Å². The van der Waals surface area contributed by atoms with Crippen molar-refractivity contribution in [3.63, 3.8) is 0 Å². The molecule has 0 spiro atoms. The average molecular weight is 312 g/mol. The Hall–Kier alpha value is -1.39. The fourth-order valence-electron chi connectivity index (χ4n) is 1.92. The Morgan fingerprint density at radius 3 is 2.75 bits per heavy atom. The summed E-state index contributed by atoms with van der Waals surface area (Å²) in [5, 5.41) is 13.7. The second-order valence-electron chi connectivity index (χ2n) is 4.36. The summed E-state index contributed by atoms with van der Waals surface area (Å²) in [5.74, 6) is 0. The van der Waals surface area contributed by atoms with Crippen molar-refractivity contribution in [1.29, 1.82) is 5.26 Å². The fourth-order valence-corrected chi connectivity index (χ4v) is 3.35. The molecular weight excluding hydrogens is 298 g/mol. The molecule has 0 saturated carbocycles. The summed E-state index contributed by atoms with van der Waals surface area (Å²) in [7, 11) is -3.60. The highest BCUT2D eigenvalue weighted by molar-refractivity contribution is 7.92. The Morgan fingerprint density at radius 2 is 2.10 bits per heavy atom. The van der Waals surface area contributed by atoms with Gasteiger partial charge in [-0.3, -0.25) is 0 Å². The normalized spacial score (nSPS) is 20.9. The smallest absolute Gasteiger partial charge is 0.237 e. The number of nitrogens with one attached hydrogen (secondary N) is 1. The molecule has 1 atom stereocenters. The van der Waals surface area contributed by atoms with Crippen LogP contribution in [0, 0.1) is 11.3 Å². The van der Waals surface area contributed by atoms with Gasteiger partial charge in [0.25, 0.3) is 0 Å². The summed E-state index contributed by atoms with van der Waals surface area (Å²) < 4.78 is 25.7. The van der Waals surface area contributed by atoms with Gasteiger partial charge in [0.05, 0.1) is 6.07 Å². The maximum Gasteiger partial charge on any atom is 0.237 e. The second-order valence-corrected chi connectivity index (χ2v) is 6.57. The highest BCUT2D eigenvalue weighted by atomic mass is 35.5. The van der Waals surface area contributed by atoms with Gasteiger partial charge in [0.2, 0.25) is 10.0 Å². The molecule has 1 aliphatic heterocycles. The molecule has 1 N–H and O–H groups in total. The van der Waals surface area contributed by atoms with E-state index in [9.17, 15) is 8.42 Å². The lowest BCUT2D eigenvalue weighted by Crippen LogP contribution is -2.52. The van der Waals surface area contributed by atoms with Crippen LogP contribution >= 0.6 is 11.6 Å². The summed E-state index contributed by atoms with van der Waals surface area (Å²) in [6.07, 6.45) is 1.50. The van der Waals surface area contributed by atoms with Crippen molar-refractivity contribution in [3.8, 4) is 6.07 Å². The lowest BCUT2D eigenvalue weighted by molar-refractivity contribution is 0.315. The van der Waals surface area contributed by atoms with Crippen molar-refractivity contribution in [2.45, 2.75) is 6.04 Å². The number of hydrogen-bond donors (Lipinski definition) is 1. The van der Waals surface area contributed by atoms with E-state index < -0.39 is 16.1 Å². The summed E-state index contributed by atoms with van der Waals surface area (Å²) in [6, 6.07) is 8.18. The van der Waals surface area contributed by atoms with Gasteiger partial charge in [-0.1, -0.05) is 23.7 Å². The maximum atomic E-state index is 12.2. The third-order valence-corrected chi connectivity index (χ3v) is 4.80. The molecular formula is C13H14ClN3O2S. The first kappa shape index (κ1) is 15.0. The maximum absolute atomic E-state index is 12.2. The van der Waals surface area contributed by atoms with E-state index in [1.165, 1.54) is 10.4 Å². The van der Waals surface area contributed by atoms with Crippen molar-refractivity contribution in [2.75, 3.05) is 19.6 Å². The first-order valence-corrected chi connectivity index (χ1v) is 7.97. The number of rotatable bonds is 3. The lowest BCUT2D eigenvalue weighted by Gasteiger charge is -2.29. The van der Waals surface area contributed by atoms with Gasteiger partial charge >= 0.3 is 0 Å². The van der Waals surface area contributed by atoms with Crippen LogP contribution in [-0.2, 0) is 10.0 Å². The largest absolute Gasteiger partial charge is 0.313 e. The van der Waals surface area contributed by atoms with E-state index in [-0.39, 0.29) is 0 Å². The van der Waals surface area contributed by atoms with Crippen molar-refractivity contribution >= 4 is 27.7 Å². The van der Waals surface area contributed by atoms with Crippen molar-refractivity contribution in [3.05, 3.63) is 40.3 Å². The molecule has 0 aliphatic carbocycles. The van der Waals surface area contributed by atoms with Gasteiger partial charge < -0.3 is 5.32 Å². The molecule has 5 nitrogen and oxygen atoms in total. The molecule has 0 radical (unpaired) electrons. The first-order valence-electron chi connectivity index (χ1n) is 6.09. The van der Waals surface area contributed by atoms with Crippen molar-refractivity contribution in [2.24, 2.45) is 0 Å². The Kier molecular flexibility index (Phi) is 4.78. The molecule has 0 bridgehead atoms. The van der Waals surface area contributed by atoms with Gasteiger partial charge in [0.1, 0.15) is 6.04 Å². The van der Waals surface area contributed by atoms with Crippen LogP contribution in [0.3, 0.4) is 0 Å². The molecule has 2 rings (SSSR count). The first-order chi connectivity index (χ1) is 9.53. The highest BCUT2D eigenvalue weighted by Crippen LogP contribution is 2.14. The number of hydrogen-bond acceptors (Lipinski definition) is 4. The van der Waals surface area contributed by atoms with Gasteiger partial charge in [-0.05, 0) is 23.8 Å². The van der Waals surface area contributed by atoms with E-state index in [1.807, 2.05) is 6.07 Å². The number of halogens is 1. The monoisotopic (exact) mass is 311 g/mol. The molecule has 1 aromatic carbocycles. The molecule has 1 aromatic rings. The van der Waals surface area contributed by atoms with Crippen LogP contribution < -0.4 is 5.32 Å². The van der Waals surface area contributed by atoms with E-state index >= 15 is 0 Å². The van der Waals surface area contributed by atoms with Crippen LogP contribution in [0.2, 0.25) is 5.02 Å². The van der Waals surface area contributed by atoms with Crippen LogP contribution in [0.25, 0.3) is 6.08 Å². The van der Waals surface area contributed by atoms with E-state index in [2.05, 4.69) is 5.32 Å². The molecule has 106 valence electrons. The summed E-state index contributed by atoms with van der Waals surface area (Å²) in [5.41, 5.74) is 0.738. The minimum Gasteiger partial charge on any atom is -0.313 e. The van der Waals surface area contributed by atoms with E-state index in [4.69, 9.17) is 16.9 Å². The molecule has 0 aromatic heterocycles. The molecule has 1 aliphatic rings. The average Bonchev–Trinajstić information content (AvgIpc) is 2.46. The number of piperazine rings is 1. The van der Waals surface area contributed by atoms with Gasteiger partial charge in [0, 0.05) is 30.1 Å². The SMILES string of the molecule is N#CC1CNCCN1S(=O)(=O)C=Cc1ccc(Cl)cc1. The van der Waals surface area contributed by atoms with Crippen LogP contribution in [0.5, 0.6) is 0 Å². The fraction of sp³-hybridized carbons (Fsp3) is 0.308. The molecule has 1 unspecified atom stereocenters. The minimum absolute atomic E-state index is 0.297. The molecule has 20 heavy (non-hydrogen) atoms. The predicted octanol–water partition coefficient (Wildman–Crippen LogP) is 1.44. The molecule has 1 heterocycles. The Labute approximate surface area is 123 Å². The predicted molar refractivity (Wildman–Crippen MR) is 78.4 cm³/mol. The Balaban J connectivity index is 2.18. The third kappa shape index (κ3) is 3.58. The van der Waals surface area contributed by atoms with Crippen LogP contribution in [0.1, 0.15) is 5.56 Å². The van der Waals surface area contributed by atoms with Crippen molar-refractivity contribution < 1.29 is 8.42 Å². The summed E-state index contributed by atoms with van der Waals surface area (Å²) in [4.78, 5) is 0. The molecule has 0 amide bonds. The quantitative estimate of drug-likeness (QED) is 0.916. The number of nitrogens with zero attached hydrogens (tertiary/aromatic N) is 2. The van der Waals surface area contributed by atoms with E-state index in [1.54, 1.807) is 24.3 Å². The zero-order chi connectivity index (χ0) is 14.6. The number of benzene rings is 1. The standard InChI is InChI=1S/C13H14ClN3O2S/c14-12-3-1-11(2-4-12)5-8-20(18,19)17-7-6-16-10-13(17)9-15/h1-5,8,13,16H,6-7,10H2. The van der Waals surface area contributed by atoms with Crippen LogP contribution in [0.15, 0.2) is 29.7 Å². The topological polar surface area (TPSA) is 73.2 Å². The van der Waals surface area contributed by atoms with Gasteiger partial charge in [-0.2, -0.15) is 9.57 Å². The van der Waals surface area contributed by atoms with Gasteiger partial charge in [-0.15, -0.1) is 0 Å². The zero-order valence-electron chi connectivity index (χ0n) is 10.7. The second kappa shape index (κ2) is 6.37. The van der Waals surface area contributed by atoms with Crippen molar-refractivity contribution in [1.82, 2.24) is 9.62 Å². The van der Waals surface area contributed by atoms with Crippen LogP contribution in [0.4, 0.5) is 0 Å². The molecule has 1 fully saturated rings. The molecule has 1 saturated heterocycles. The van der Waals surface area contributed by atoms with Gasteiger partial charge in [-0.25, -0.2) is 8.42 Å². The Bertz CT molecular complexity index is 635. The minimum atomic E-state index is -3.60. The van der Waals surface area contributed by atoms with E-state index in [0.29, 0.717) is 24.7 Å². The Morgan fingerprint density at radius 1 is 1.40 bits per heavy atom. The third-order valence-electron chi connectivity index (χ3n) is 2.97. The van der Waals surface area contributed by atoms with E-state index in [0.717, 1.165) is 11.0 Å². The summed E-state index contributed by atoms with van der Waals surface area (Å²) in [6.45, 7) is 1.20. The highest BCUT2D eigenvalue weighted by Gasteiger charge is 2.30. The summed E-state index contributed by atoms with van der Waals surface area (Å²) >= 11 is 5.77. The number of sulfonamides is 1. The van der Waals surface area contributed by atoms with Gasteiger partial charge in [0.15, 0.2) is 0 Å². The molecule has 7 heteroatoms. The lowest BCUT2D eigenvalue weighted by atomic mass is 10.2. The number of nitriles is 1.